The van der Waals surface area contributed by atoms with Gasteiger partial charge in [-0.15, -0.1) is 0 Å². The zero-order valence-corrected chi connectivity index (χ0v) is 22.6. The Morgan fingerprint density at radius 2 is 1.97 bits per heavy atom. The van der Waals surface area contributed by atoms with E-state index in [-0.39, 0.29) is 29.0 Å². The van der Waals surface area contributed by atoms with Crippen LogP contribution in [0.15, 0.2) is 35.3 Å². The van der Waals surface area contributed by atoms with Gasteiger partial charge in [-0.1, -0.05) is 45.4 Å². The summed E-state index contributed by atoms with van der Waals surface area (Å²) < 4.78 is 8.25. The Morgan fingerprint density at radius 1 is 1.24 bits per heavy atom. The molecule has 37 heavy (non-hydrogen) atoms. The number of ether oxygens (including phenoxy) is 1. The lowest BCUT2D eigenvalue weighted by Gasteiger charge is -2.43. The van der Waals surface area contributed by atoms with E-state index in [1.54, 1.807) is 0 Å². The molecule has 2 N–H and O–H groups in total. The number of carboxylic acid groups (broad SMARTS) is 1. The van der Waals surface area contributed by atoms with Crippen molar-refractivity contribution in [3.05, 3.63) is 62.4 Å². The van der Waals surface area contributed by atoms with E-state index in [1.165, 1.54) is 12.3 Å². The second kappa shape index (κ2) is 10.1. The third kappa shape index (κ3) is 5.15. The minimum atomic E-state index is -1.22. The molecule has 2 aliphatic rings. The molecule has 198 valence electrons. The van der Waals surface area contributed by atoms with Crippen LogP contribution in [-0.4, -0.2) is 52.7 Å². The Labute approximate surface area is 217 Å². The lowest BCUT2D eigenvalue weighted by Crippen LogP contribution is -2.46. The number of nitrogens with zero attached hydrogens (tertiary/aromatic N) is 2. The van der Waals surface area contributed by atoms with Gasteiger partial charge < -0.3 is 24.6 Å². The van der Waals surface area contributed by atoms with E-state index >= 15 is 0 Å². The van der Waals surface area contributed by atoms with Gasteiger partial charge in [0.05, 0.1) is 23.5 Å². The number of amides is 1. The lowest BCUT2D eigenvalue weighted by atomic mass is 9.84. The Bertz CT molecular complexity index is 1420. The minimum absolute atomic E-state index is 0.0165. The fraction of sp³-hybridized carbons (Fsp3) is 0.483. The second-order valence-corrected chi connectivity index (χ2v) is 11.2. The van der Waals surface area contributed by atoms with Crippen molar-refractivity contribution < 1.29 is 19.4 Å². The van der Waals surface area contributed by atoms with Crippen molar-refractivity contribution >= 4 is 23.1 Å². The highest BCUT2D eigenvalue weighted by atomic mass is 16.5. The summed E-state index contributed by atoms with van der Waals surface area (Å²) in [5.74, 6) is -0.443. The highest BCUT2D eigenvalue weighted by Crippen LogP contribution is 2.37. The maximum atomic E-state index is 12.9. The van der Waals surface area contributed by atoms with E-state index in [9.17, 15) is 19.5 Å². The predicted molar refractivity (Wildman–Crippen MR) is 143 cm³/mol. The Balaban J connectivity index is 2.00. The lowest BCUT2D eigenvalue weighted by molar-refractivity contribution is -0.119. The number of aromatic nitrogens is 1. The maximum absolute atomic E-state index is 12.9. The summed E-state index contributed by atoms with van der Waals surface area (Å²) in [6.45, 7) is 11.6. The van der Waals surface area contributed by atoms with Gasteiger partial charge in [0.1, 0.15) is 17.9 Å². The molecule has 0 aliphatic carbocycles. The molecule has 2 atom stereocenters. The van der Waals surface area contributed by atoms with Gasteiger partial charge in [-0.2, -0.15) is 0 Å². The zero-order chi connectivity index (χ0) is 27.1. The minimum Gasteiger partial charge on any atom is -0.491 e. The topological polar surface area (TPSA) is 101 Å². The maximum Gasteiger partial charge on any atom is 0.341 e. The Morgan fingerprint density at radius 3 is 2.57 bits per heavy atom. The summed E-state index contributed by atoms with van der Waals surface area (Å²) in [6, 6.07) is 7.31. The van der Waals surface area contributed by atoms with E-state index < -0.39 is 11.4 Å². The Hall–Kier alpha value is -3.55. The first-order valence-corrected chi connectivity index (χ1v) is 12.9. The first-order chi connectivity index (χ1) is 17.4. The molecule has 8 heteroatoms. The van der Waals surface area contributed by atoms with E-state index in [4.69, 9.17) is 4.74 Å². The number of aromatic carboxylic acids is 1. The summed E-state index contributed by atoms with van der Waals surface area (Å²) in [7, 11) is 2.01. The highest BCUT2D eigenvalue weighted by Gasteiger charge is 2.35. The smallest absolute Gasteiger partial charge is 0.341 e. The first-order valence-electron chi connectivity index (χ1n) is 12.9. The summed E-state index contributed by atoms with van der Waals surface area (Å²) in [6.07, 6.45) is 3.57. The number of nitrogens with one attached hydrogen (secondary N) is 1. The van der Waals surface area contributed by atoms with Crippen molar-refractivity contribution in [1.82, 2.24) is 14.8 Å². The molecule has 1 saturated heterocycles. The molecule has 2 unspecified atom stereocenters. The van der Waals surface area contributed by atoms with Gasteiger partial charge >= 0.3 is 5.97 Å². The number of benzene rings is 1. The molecule has 0 radical (unpaired) electrons. The van der Waals surface area contributed by atoms with Crippen LogP contribution in [0.3, 0.4) is 0 Å². The molecule has 1 amide bonds. The van der Waals surface area contributed by atoms with E-state index in [0.29, 0.717) is 25.3 Å². The third-order valence-electron chi connectivity index (χ3n) is 7.48. The number of carbonyl (C=O) groups excluding carboxylic acids is 1. The molecule has 1 aromatic heterocycles. The van der Waals surface area contributed by atoms with E-state index in [1.807, 2.05) is 29.8 Å². The molecule has 0 bridgehead atoms. The molecule has 1 fully saturated rings. The number of carbonyl (C=O) groups is 2. The van der Waals surface area contributed by atoms with Crippen LogP contribution < -0.4 is 25.9 Å². The van der Waals surface area contributed by atoms with Crippen LogP contribution >= 0.6 is 0 Å². The van der Waals surface area contributed by atoms with Crippen molar-refractivity contribution in [1.29, 1.82) is 0 Å². The van der Waals surface area contributed by atoms with Crippen LogP contribution in [0.2, 0.25) is 0 Å². The van der Waals surface area contributed by atoms with Gasteiger partial charge in [0.15, 0.2) is 5.43 Å². The van der Waals surface area contributed by atoms with E-state index in [2.05, 4.69) is 44.8 Å². The number of hydrogen-bond acceptors (Lipinski definition) is 5. The molecule has 3 heterocycles. The van der Waals surface area contributed by atoms with Crippen molar-refractivity contribution in [3.63, 3.8) is 0 Å². The predicted octanol–water partition coefficient (Wildman–Crippen LogP) is 2.47. The standard InChI is InChI=1S/C29H37N3O5/c1-7-17(2)26-19(9-8-10-23(26)37-16-18-11-12-25(34)30-18)27-21-13-22(33)20(28(35)36)14-32(21)24(15-31(27)6)29(3,4)5/h8-10,13-14,18,24H,7,11-12,15-16H2,1-6H3,(H,30,34)(H,35,36)/b26-17?,27-19-. The number of rotatable bonds is 5. The fourth-order valence-electron chi connectivity index (χ4n) is 5.29. The van der Waals surface area contributed by atoms with Gasteiger partial charge in [0.25, 0.3) is 0 Å². The van der Waals surface area contributed by atoms with Gasteiger partial charge in [0, 0.05) is 42.7 Å². The van der Waals surface area contributed by atoms with Crippen LogP contribution in [0.25, 0.3) is 11.3 Å². The normalized spacial score (nSPS) is 21.9. The van der Waals surface area contributed by atoms with Crippen LogP contribution in [0.4, 0.5) is 0 Å². The molecular formula is C29H37N3O5. The van der Waals surface area contributed by atoms with Crippen molar-refractivity contribution in [2.24, 2.45) is 5.41 Å². The monoisotopic (exact) mass is 507 g/mol. The number of carboxylic acids is 1. The Kier molecular flexibility index (Phi) is 7.22. The van der Waals surface area contributed by atoms with Crippen LogP contribution in [-0.2, 0) is 4.79 Å². The van der Waals surface area contributed by atoms with Crippen LogP contribution in [0.1, 0.15) is 76.0 Å². The number of fused-ring (bicyclic) bond motifs is 1. The molecule has 4 rings (SSSR count). The van der Waals surface area contributed by atoms with E-state index in [0.717, 1.165) is 40.3 Å². The summed E-state index contributed by atoms with van der Waals surface area (Å²) >= 11 is 0. The molecule has 8 nitrogen and oxygen atoms in total. The quantitative estimate of drug-likeness (QED) is 0.645. The third-order valence-corrected chi connectivity index (χ3v) is 7.48. The second-order valence-electron chi connectivity index (χ2n) is 11.2. The van der Waals surface area contributed by atoms with Crippen LogP contribution in [0.5, 0.6) is 5.75 Å². The first kappa shape index (κ1) is 26.5. The van der Waals surface area contributed by atoms with Crippen LogP contribution in [0, 0.1) is 5.41 Å². The van der Waals surface area contributed by atoms with Gasteiger partial charge in [-0.25, -0.2) is 4.79 Å². The van der Waals surface area contributed by atoms with Crippen molar-refractivity contribution in [2.45, 2.75) is 66.0 Å². The highest BCUT2D eigenvalue weighted by molar-refractivity contribution is 5.87. The largest absolute Gasteiger partial charge is 0.491 e. The van der Waals surface area contributed by atoms with Gasteiger partial charge in [0.2, 0.25) is 5.91 Å². The van der Waals surface area contributed by atoms with Gasteiger partial charge in [-0.3, -0.25) is 9.59 Å². The average Bonchev–Trinajstić information content (AvgIpc) is 3.25. The molecule has 2 aromatic rings. The SMILES string of the molecule is CCC(C)=c1c(OCC2CCC(=O)N2)ccc/c1=C1\c2cc(=O)c(C(=O)O)cn2C(C(C)(C)C)CN1C. The molecule has 0 saturated carbocycles. The summed E-state index contributed by atoms with van der Waals surface area (Å²) in [5, 5.41) is 14.5. The molecule has 2 aliphatic heterocycles. The van der Waals surface area contributed by atoms with Crippen molar-refractivity contribution in [3.8, 4) is 5.75 Å². The number of pyridine rings is 1. The zero-order valence-electron chi connectivity index (χ0n) is 22.6. The average molecular weight is 508 g/mol. The number of likely N-dealkylation sites (N-methyl/N-ethyl adjacent to an activating group) is 1. The molecular weight excluding hydrogens is 470 g/mol. The molecule has 0 spiro atoms. The summed E-state index contributed by atoms with van der Waals surface area (Å²) in [4.78, 5) is 38.5. The van der Waals surface area contributed by atoms with Gasteiger partial charge in [-0.05, 0) is 31.2 Å². The number of hydrogen-bond donors (Lipinski definition) is 2. The fourth-order valence-corrected chi connectivity index (χ4v) is 5.29. The van der Waals surface area contributed by atoms with Crippen molar-refractivity contribution in [2.75, 3.05) is 20.2 Å². The molecule has 1 aromatic carbocycles. The summed E-state index contributed by atoms with van der Waals surface area (Å²) in [5.41, 5.74) is 1.77.